The van der Waals surface area contributed by atoms with Crippen molar-refractivity contribution in [1.82, 2.24) is 0 Å². The average Bonchev–Trinajstić information content (AvgIpc) is 2.64. The molecule has 2 unspecified atom stereocenters. The van der Waals surface area contributed by atoms with E-state index in [0.29, 0.717) is 12.3 Å². The number of ether oxygens (including phenoxy) is 1. The second kappa shape index (κ2) is 10.7. The van der Waals surface area contributed by atoms with E-state index in [1.807, 2.05) is 30.3 Å². The van der Waals surface area contributed by atoms with Crippen LogP contribution in [0.25, 0.3) is 0 Å². The Labute approximate surface area is 148 Å². The fourth-order valence-electron chi connectivity index (χ4n) is 4.23. The predicted molar refractivity (Wildman–Crippen MR) is 100 cm³/mol. The Balaban J connectivity index is 1.71. The van der Waals surface area contributed by atoms with Gasteiger partial charge in [-0.2, -0.15) is 0 Å². The molecule has 2 rings (SSSR count). The lowest BCUT2D eigenvalue weighted by molar-refractivity contribution is 0.123. The first kappa shape index (κ1) is 19.3. The topological polar surface area (TPSA) is 9.23 Å². The second-order valence-corrected chi connectivity index (χ2v) is 7.55. The van der Waals surface area contributed by atoms with Gasteiger partial charge in [0.2, 0.25) is 0 Å². The first-order chi connectivity index (χ1) is 11.7. The maximum Gasteiger partial charge on any atom is 0.134 e. The van der Waals surface area contributed by atoms with Crippen LogP contribution in [-0.2, 0) is 0 Å². The van der Waals surface area contributed by atoms with E-state index in [4.69, 9.17) is 4.74 Å². The number of benzene rings is 1. The molecule has 1 aliphatic carbocycles. The van der Waals surface area contributed by atoms with Crippen LogP contribution >= 0.6 is 0 Å². The van der Waals surface area contributed by atoms with Gasteiger partial charge in [-0.15, -0.1) is 0 Å². The normalized spacial score (nSPS) is 23.6. The Kier molecular flexibility index (Phi) is 8.63. The molecular weight excluding hydrogens is 299 g/mol. The average molecular weight is 335 g/mol. The third-order valence-corrected chi connectivity index (χ3v) is 5.78. The zero-order valence-corrected chi connectivity index (χ0v) is 15.6. The fourth-order valence-corrected chi connectivity index (χ4v) is 4.23. The van der Waals surface area contributed by atoms with Gasteiger partial charge in [-0.05, 0) is 49.1 Å². The summed E-state index contributed by atoms with van der Waals surface area (Å²) in [7, 11) is 0. The molecule has 1 fully saturated rings. The highest BCUT2D eigenvalue weighted by Crippen LogP contribution is 2.38. The molecule has 0 radical (unpaired) electrons. The zero-order valence-electron chi connectivity index (χ0n) is 15.6. The molecule has 2 atom stereocenters. The number of alkyl halides is 1. The van der Waals surface area contributed by atoms with E-state index in [0.717, 1.165) is 24.0 Å². The van der Waals surface area contributed by atoms with E-state index in [1.54, 1.807) is 0 Å². The number of para-hydroxylation sites is 1. The van der Waals surface area contributed by atoms with Crippen LogP contribution in [0, 0.1) is 17.8 Å². The van der Waals surface area contributed by atoms with Gasteiger partial charge >= 0.3 is 0 Å². The zero-order chi connectivity index (χ0) is 17.2. The molecule has 0 amide bonds. The highest BCUT2D eigenvalue weighted by molar-refractivity contribution is 5.20. The summed E-state index contributed by atoms with van der Waals surface area (Å²) in [5, 5.41) is 0. The molecule has 1 aliphatic rings. The molecule has 24 heavy (non-hydrogen) atoms. The van der Waals surface area contributed by atoms with Crippen molar-refractivity contribution >= 4 is 0 Å². The highest BCUT2D eigenvalue weighted by Gasteiger charge is 2.28. The van der Waals surface area contributed by atoms with Gasteiger partial charge in [-0.25, -0.2) is 4.39 Å². The molecule has 0 heterocycles. The van der Waals surface area contributed by atoms with Gasteiger partial charge in [0.05, 0.1) is 0 Å². The van der Waals surface area contributed by atoms with E-state index < -0.39 is 6.17 Å². The summed E-state index contributed by atoms with van der Waals surface area (Å²) in [5.41, 5.74) is 0. The standard InChI is InChI=1S/C22H35FO/c1-3-5-9-18-12-14-20(15-13-18)19(4-2)16-21(23)17-24-22-10-7-6-8-11-22/h6-8,10-11,18-21H,3-5,9,12-17H2,1-2H3/t18-,19?,20-,21?. The van der Waals surface area contributed by atoms with E-state index in [-0.39, 0.29) is 6.61 Å². The van der Waals surface area contributed by atoms with Crippen LogP contribution in [0.5, 0.6) is 5.75 Å². The molecule has 136 valence electrons. The Morgan fingerprint density at radius 3 is 2.42 bits per heavy atom. The van der Waals surface area contributed by atoms with Crippen molar-refractivity contribution in [2.24, 2.45) is 17.8 Å². The van der Waals surface area contributed by atoms with Crippen molar-refractivity contribution in [3.63, 3.8) is 0 Å². The molecule has 0 spiro atoms. The molecule has 2 heteroatoms. The summed E-state index contributed by atoms with van der Waals surface area (Å²) in [4.78, 5) is 0. The highest BCUT2D eigenvalue weighted by atomic mass is 19.1. The first-order valence-corrected chi connectivity index (χ1v) is 10.0. The minimum Gasteiger partial charge on any atom is -0.491 e. The summed E-state index contributed by atoms with van der Waals surface area (Å²) in [6, 6.07) is 9.58. The molecule has 1 aromatic rings. The molecular formula is C22H35FO. The summed E-state index contributed by atoms with van der Waals surface area (Å²) >= 11 is 0. The lowest BCUT2D eigenvalue weighted by Crippen LogP contribution is -2.26. The summed E-state index contributed by atoms with van der Waals surface area (Å²) in [5.74, 6) is 2.94. The molecule has 0 saturated heterocycles. The molecule has 0 aromatic heterocycles. The predicted octanol–water partition coefficient (Wildman–Crippen LogP) is 6.82. The molecule has 0 N–H and O–H groups in total. The number of rotatable bonds is 10. The van der Waals surface area contributed by atoms with E-state index in [9.17, 15) is 4.39 Å². The summed E-state index contributed by atoms with van der Waals surface area (Å²) in [6.07, 6.45) is 10.3. The van der Waals surface area contributed by atoms with Gasteiger partial charge in [0.25, 0.3) is 0 Å². The third kappa shape index (κ3) is 6.45. The Morgan fingerprint density at radius 1 is 1.08 bits per heavy atom. The number of hydrogen-bond donors (Lipinski definition) is 0. The minimum atomic E-state index is -0.854. The molecule has 0 bridgehead atoms. The molecule has 1 nitrogen and oxygen atoms in total. The SMILES string of the molecule is CCCC[C@H]1CC[C@H](C(CC)CC(F)COc2ccccc2)CC1. The van der Waals surface area contributed by atoms with Crippen molar-refractivity contribution in [1.29, 1.82) is 0 Å². The van der Waals surface area contributed by atoms with Crippen molar-refractivity contribution in [3.8, 4) is 5.75 Å². The quantitative estimate of drug-likeness (QED) is 0.456. The summed E-state index contributed by atoms with van der Waals surface area (Å²) in [6.45, 7) is 4.68. The van der Waals surface area contributed by atoms with Gasteiger partial charge in [0.1, 0.15) is 18.5 Å². The van der Waals surface area contributed by atoms with Crippen LogP contribution in [0.3, 0.4) is 0 Å². The van der Waals surface area contributed by atoms with Gasteiger partial charge < -0.3 is 4.74 Å². The van der Waals surface area contributed by atoms with E-state index >= 15 is 0 Å². The van der Waals surface area contributed by atoms with Crippen molar-refractivity contribution in [3.05, 3.63) is 30.3 Å². The molecule has 0 aliphatic heterocycles. The lowest BCUT2D eigenvalue weighted by atomic mass is 9.72. The van der Waals surface area contributed by atoms with E-state index in [2.05, 4.69) is 13.8 Å². The maximum absolute atomic E-state index is 14.4. The smallest absolute Gasteiger partial charge is 0.134 e. The van der Waals surface area contributed by atoms with E-state index in [1.165, 1.54) is 44.9 Å². The number of unbranched alkanes of at least 4 members (excludes halogenated alkanes) is 1. The van der Waals surface area contributed by atoms with Crippen LogP contribution < -0.4 is 4.74 Å². The van der Waals surface area contributed by atoms with Gasteiger partial charge in [0, 0.05) is 0 Å². The minimum absolute atomic E-state index is 0.187. The fraction of sp³-hybridized carbons (Fsp3) is 0.727. The Hall–Kier alpha value is -1.05. The number of halogens is 1. The first-order valence-electron chi connectivity index (χ1n) is 10.0. The Morgan fingerprint density at radius 2 is 1.79 bits per heavy atom. The van der Waals surface area contributed by atoms with Crippen LogP contribution in [0.4, 0.5) is 4.39 Å². The summed E-state index contributed by atoms with van der Waals surface area (Å²) < 4.78 is 20.0. The molecule has 1 aromatic carbocycles. The lowest BCUT2D eigenvalue weighted by Gasteiger charge is -2.34. The van der Waals surface area contributed by atoms with Gasteiger partial charge in [0.15, 0.2) is 0 Å². The van der Waals surface area contributed by atoms with Crippen LogP contribution in [0.2, 0.25) is 0 Å². The molecule has 1 saturated carbocycles. The van der Waals surface area contributed by atoms with Crippen molar-refractivity contribution in [2.75, 3.05) is 6.61 Å². The van der Waals surface area contributed by atoms with Crippen LogP contribution in [0.15, 0.2) is 30.3 Å². The second-order valence-electron chi connectivity index (χ2n) is 7.55. The van der Waals surface area contributed by atoms with Crippen molar-refractivity contribution < 1.29 is 9.13 Å². The van der Waals surface area contributed by atoms with Gasteiger partial charge in [-0.3, -0.25) is 0 Å². The Bertz CT molecular complexity index is 425. The monoisotopic (exact) mass is 334 g/mol. The van der Waals surface area contributed by atoms with Crippen molar-refractivity contribution in [2.45, 2.75) is 77.8 Å². The third-order valence-electron chi connectivity index (χ3n) is 5.78. The van der Waals surface area contributed by atoms with Gasteiger partial charge in [-0.1, -0.05) is 70.6 Å². The van der Waals surface area contributed by atoms with Crippen LogP contribution in [-0.4, -0.2) is 12.8 Å². The van der Waals surface area contributed by atoms with Crippen LogP contribution in [0.1, 0.15) is 71.6 Å². The largest absolute Gasteiger partial charge is 0.491 e. The number of hydrogen-bond acceptors (Lipinski definition) is 1. The maximum atomic E-state index is 14.4.